The number of aliphatic carboxylic acids is 1. The number of carboxylic acid groups (broad SMARTS) is 1. The van der Waals surface area contributed by atoms with Crippen LogP contribution in [0.1, 0.15) is 18.9 Å². The molecule has 4 heteroatoms. The zero-order chi connectivity index (χ0) is 13.0. The molecule has 2 atom stereocenters. The Morgan fingerprint density at radius 1 is 1.39 bits per heavy atom. The summed E-state index contributed by atoms with van der Waals surface area (Å²) in [4.78, 5) is 13.2. The normalized spacial score (nSPS) is 24.9. The SMILES string of the molecule is C[C@@H]1CNC[C@@H](CC(=O)O)N1Cc1ccccc1. The minimum atomic E-state index is -0.728. The standard InChI is InChI=1S/C14H20N2O2/c1-11-8-15-9-13(7-14(17)18)16(11)10-12-5-3-2-4-6-12/h2-6,11,13,15H,7-10H2,1H3,(H,17,18)/t11-,13-/m1/s1. The van der Waals surface area contributed by atoms with E-state index < -0.39 is 5.97 Å². The van der Waals surface area contributed by atoms with Gasteiger partial charge in [-0.1, -0.05) is 30.3 Å². The Hall–Kier alpha value is -1.39. The lowest BCUT2D eigenvalue weighted by Crippen LogP contribution is -2.56. The molecule has 1 saturated heterocycles. The zero-order valence-corrected chi connectivity index (χ0v) is 10.7. The van der Waals surface area contributed by atoms with E-state index in [1.165, 1.54) is 5.56 Å². The van der Waals surface area contributed by atoms with E-state index in [9.17, 15) is 4.79 Å². The Labute approximate surface area is 108 Å². The van der Waals surface area contributed by atoms with Crippen LogP contribution in [0, 0.1) is 0 Å². The molecule has 4 nitrogen and oxygen atoms in total. The third-order valence-corrected chi connectivity index (χ3v) is 3.47. The molecular weight excluding hydrogens is 228 g/mol. The zero-order valence-electron chi connectivity index (χ0n) is 10.7. The van der Waals surface area contributed by atoms with E-state index in [2.05, 4.69) is 29.3 Å². The minimum absolute atomic E-state index is 0.0754. The van der Waals surface area contributed by atoms with Crippen molar-refractivity contribution in [2.75, 3.05) is 13.1 Å². The van der Waals surface area contributed by atoms with Crippen molar-refractivity contribution in [3.05, 3.63) is 35.9 Å². The van der Waals surface area contributed by atoms with E-state index in [0.29, 0.717) is 6.04 Å². The van der Waals surface area contributed by atoms with Crippen LogP contribution in [-0.2, 0) is 11.3 Å². The van der Waals surface area contributed by atoms with Gasteiger partial charge in [-0.3, -0.25) is 9.69 Å². The fourth-order valence-electron chi connectivity index (χ4n) is 2.52. The summed E-state index contributed by atoms with van der Waals surface area (Å²) in [7, 11) is 0. The summed E-state index contributed by atoms with van der Waals surface area (Å²) in [5, 5.41) is 12.3. The van der Waals surface area contributed by atoms with Crippen molar-refractivity contribution in [3.63, 3.8) is 0 Å². The average molecular weight is 248 g/mol. The molecule has 1 aromatic rings. The number of carbonyl (C=O) groups is 1. The molecule has 1 aliphatic heterocycles. The average Bonchev–Trinajstić information content (AvgIpc) is 2.34. The second-order valence-corrected chi connectivity index (χ2v) is 4.92. The summed E-state index contributed by atoms with van der Waals surface area (Å²) in [5.74, 6) is -0.728. The first-order valence-electron chi connectivity index (χ1n) is 6.39. The van der Waals surface area contributed by atoms with E-state index in [0.717, 1.165) is 19.6 Å². The molecule has 1 aromatic carbocycles. The lowest BCUT2D eigenvalue weighted by atomic mass is 10.0. The number of nitrogens with one attached hydrogen (secondary N) is 1. The van der Waals surface area contributed by atoms with Gasteiger partial charge in [0.15, 0.2) is 0 Å². The molecule has 1 heterocycles. The van der Waals surface area contributed by atoms with Gasteiger partial charge in [-0.25, -0.2) is 0 Å². The molecule has 0 radical (unpaired) electrons. The second kappa shape index (κ2) is 5.98. The van der Waals surface area contributed by atoms with Crippen molar-refractivity contribution < 1.29 is 9.90 Å². The fraction of sp³-hybridized carbons (Fsp3) is 0.500. The predicted octanol–water partition coefficient (Wildman–Crippen LogP) is 1.32. The molecule has 1 aliphatic rings. The van der Waals surface area contributed by atoms with Crippen molar-refractivity contribution in [2.45, 2.75) is 32.0 Å². The smallest absolute Gasteiger partial charge is 0.304 e. The highest BCUT2D eigenvalue weighted by Gasteiger charge is 2.29. The van der Waals surface area contributed by atoms with Crippen molar-refractivity contribution >= 4 is 5.97 Å². The Bertz CT molecular complexity index is 394. The van der Waals surface area contributed by atoms with Crippen LogP contribution in [0.15, 0.2) is 30.3 Å². The Morgan fingerprint density at radius 2 is 2.11 bits per heavy atom. The van der Waals surface area contributed by atoms with Crippen LogP contribution >= 0.6 is 0 Å². The monoisotopic (exact) mass is 248 g/mol. The molecule has 0 saturated carbocycles. The Balaban J connectivity index is 2.07. The topological polar surface area (TPSA) is 52.6 Å². The number of carboxylic acids is 1. The summed E-state index contributed by atoms with van der Waals surface area (Å²) in [6.45, 7) is 4.64. The van der Waals surface area contributed by atoms with E-state index >= 15 is 0 Å². The van der Waals surface area contributed by atoms with E-state index in [-0.39, 0.29) is 12.5 Å². The number of piperazine rings is 1. The van der Waals surface area contributed by atoms with Crippen LogP contribution in [0.5, 0.6) is 0 Å². The number of hydrogen-bond acceptors (Lipinski definition) is 3. The third kappa shape index (κ3) is 3.31. The molecule has 2 N–H and O–H groups in total. The van der Waals surface area contributed by atoms with E-state index in [4.69, 9.17) is 5.11 Å². The third-order valence-electron chi connectivity index (χ3n) is 3.47. The van der Waals surface area contributed by atoms with Crippen LogP contribution in [0.3, 0.4) is 0 Å². The first-order valence-corrected chi connectivity index (χ1v) is 6.39. The number of hydrogen-bond donors (Lipinski definition) is 2. The largest absolute Gasteiger partial charge is 0.481 e. The highest BCUT2D eigenvalue weighted by Crippen LogP contribution is 2.17. The minimum Gasteiger partial charge on any atom is -0.481 e. The van der Waals surface area contributed by atoms with Crippen molar-refractivity contribution in [3.8, 4) is 0 Å². The van der Waals surface area contributed by atoms with Gasteiger partial charge in [-0.05, 0) is 12.5 Å². The molecule has 0 amide bonds. The van der Waals surface area contributed by atoms with Gasteiger partial charge in [0.1, 0.15) is 0 Å². The van der Waals surface area contributed by atoms with Crippen LogP contribution in [0.2, 0.25) is 0 Å². The van der Waals surface area contributed by atoms with Gasteiger partial charge in [0.05, 0.1) is 6.42 Å². The Kier molecular flexibility index (Phi) is 4.33. The molecule has 0 unspecified atom stereocenters. The highest BCUT2D eigenvalue weighted by molar-refractivity contribution is 5.67. The molecule has 0 bridgehead atoms. The van der Waals surface area contributed by atoms with Gasteiger partial charge in [0.25, 0.3) is 0 Å². The molecular formula is C14H20N2O2. The van der Waals surface area contributed by atoms with Crippen molar-refractivity contribution in [1.82, 2.24) is 10.2 Å². The number of rotatable bonds is 4. The summed E-state index contributed by atoms with van der Waals surface area (Å²) < 4.78 is 0. The molecule has 18 heavy (non-hydrogen) atoms. The maximum Gasteiger partial charge on any atom is 0.304 e. The van der Waals surface area contributed by atoms with Gasteiger partial charge < -0.3 is 10.4 Å². The molecule has 2 rings (SSSR count). The maximum absolute atomic E-state index is 10.9. The van der Waals surface area contributed by atoms with Crippen molar-refractivity contribution in [1.29, 1.82) is 0 Å². The predicted molar refractivity (Wildman–Crippen MR) is 70.4 cm³/mol. The van der Waals surface area contributed by atoms with Crippen molar-refractivity contribution in [2.24, 2.45) is 0 Å². The van der Waals surface area contributed by atoms with Gasteiger partial charge >= 0.3 is 5.97 Å². The maximum atomic E-state index is 10.9. The van der Waals surface area contributed by atoms with Gasteiger partial charge in [-0.2, -0.15) is 0 Å². The second-order valence-electron chi connectivity index (χ2n) is 4.92. The highest BCUT2D eigenvalue weighted by atomic mass is 16.4. The van der Waals surface area contributed by atoms with Gasteiger partial charge in [0, 0.05) is 31.7 Å². The molecule has 0 spiro atoms. The molecule has 0 aromatic heterocycles. The Morgan fingerprint density at radius 3 is 2.78 bits per heavy atom. The lowest BCUT2D eigenvalue weighted by molar-refractivity contribution is -0.139. The van der Waals surface area contributed by atoms with Crippen LogP contribution in [-0.4, -0.2) is 41.1 Å². The van der Waals surface area contributed by atoms with E-state index in [1.54, 1.807) is 0 Å². The van der Waals surface area contributed by atoms with E-state index in [1.807, 2.05) is 18.2 Å². The summed E-state index contributed by atoms with van der Waals surface area (Å²) in [6, 6.07) is 10.7. The number of nitrogens with zero attached hydrogens (tertiary/aromatic N) is 1. The first kappa shape index (κ1) is 13.1. The molecule has 98 valence electrons. The van der Waals surface area contributed by atoms with Gasteiger partial charge in [-0.15, -0.1) is 0 Å². The van der Waals surface area contributed by atoms with Crippen LogP contribution < -0.4 is 5.32 Å². The van der Waals surface area contributed by atoms with Crippen LogP contribution in [0.4, 0.5) is 0 Å². The summed E-state index contributed by atoms with van der Waals surface area (Å²) in [6.07, 6.45) is 0.199. The fourth-order valence-corrected chi connectivity index (χ4v) is 2.52. The quantitative estimate of drug-likeness (QED) is 0.844. The first-order chi connectivity index (χ1) is 8.66. The molecule has 0 aliphatic carbocycles. The summed E-state index contributed by atoms with van der Waals surface area (Å²) in [5.41, 5.74) is 1.24. The summed E-state index contributed by atoms with van der Waals surface area (Å²) >= 11 is 0. The number of benzene rings is 1. The lowest BCUT2D eigenvalue weighted by Gasteiger charge is -2.40. The van der Waals surface area contributed by atoms with Gasteiger partial charge in [0.2, 0.25) is 0 Å². The van der Waals surface area contributed by atoms with Crippen LogP contribution in [0.25, 0.3) is 0 Å². The molecule has 1 fully saturated rings.